The lowest BCUT2D eigenvalue weighted by Gasteiger charge is -2.01. The molecular weight excluding hydrogens is 246 g/mol. The number of aromatic nitrogens is 1. The number of rotatable bonds is 3. The highest BCUT2D eigenvalue weighted by atomic mass is 35.5. The number of hydrogen-bond acceptors (Lipinski definition) is 4. The SMILES string of the molecule is COC(=O)c1cc(C(=O)C(=O)Cl)n2c1CCC2. The van der Waals surface area contributed by atoms with E-state index >= 15 is 0 Å². The molecule has 5 nitrogen and oxygen atoms in total. The molecular formula is C11H10ClNO4. The number of hydrogen-bond donors (Lipinski definition) is 0. The maximum atomic E-state index is 11.6. The number of ether oxygens (including phenoxy) is 1. The van der Waals surface area contributed by atoms with E-state index in [1.165, 1.54) is 13.2 Å². The molecule has 2 rings (SSSR count). The van der Waals surface area contributed by atoms with Crippen molar-refractivity contribution in [1.82, 2.24) is 4.57 Å². The molecule has 0 unspecified atom stereocenters. The minimum atomic E-state index is -1.05. The van der Waals surface area contributed by atoms with Crippen molar-refractivity contribution in [3.05, 3.63) is 23.0 Å². The van der Waals surface area contributed by atoms with Crippen molar-refractivity contribution in [2.75, 3.05) is 7.11 Å². The van der Waals surface area contributed by atoms with E-state index in [0.717, 1.165) is 12.1 Å². The normalized spacial score (nSPS) is 13.3. The molecule has 6 heteroatoms. The summed E-state index contributed by atoms with van der Waals surface area (Å²) in [6, 6.07) is 1.38. The summed E-state index contributed by atoms with van der Waals surface area (Å²) in [5, 5.41) is -1.05. The fourth-order valence-corrected chi connectivity index (χ4v) is 2.19. The number of esters is 1. The van der Waals surface area contributed by atoms with Crippen molar-refractivity contribution >= 4 is 28.6 Å². The summed E-state index contributed by atoms with van der Waals surface area (Å²) in [5.41, 5.74) is 1.24. The van der Waals surface area contributed by atoms with Gasteiger partial charge >= 0.3 is 5.97 Å². The van der Waals surface area contributed by atoms with Crippen molar-refractivity contribution in [3.63, 3.8) is 0 Å². The van der Waals surface area contributed by atoms with Crippen LogP contribution in [-0.2, 0) is 22.5 Å². The van der Waals surface area contributed by atoms with Crippen LogP contribution in [0, 0.1) is 0 Å². The van der Waals surface area contributed by atoms with E-state index in [4.69, 9.17) is 11.6 Å². The van der Waals surface area contributed by atoms with Gasteiger partial charge in [-0.15, -0.1) is 0 Å². The van der Waals surface area contributed by atoms with Crippen molar-refractivity contribution < 1.29 is 19.1 Å². The number of halogens is 1. The topological polar surface area (TPSA) is 65.4 Å². The number of carbonyl (C=O) groups excluding carboxylic acids is 3. The minimum absolute atomic E-state index is 0.165. The van der Waals surface area contributed by atoms with Gasteiger partial charge in [-0.05, 0) is 30.5 Å². The highest BCUT2D eigenvalue weighted by molar-refractivity contribution is 6.83. The smallest absolute Gasteiger partial charge is 0.339 e. The first kappa shape index (κ1) is 11.9. The number of Topliss-reactive ketones (excluding diaryl/α,β-unsaturated/α-hetero) is 1. The number of ketones is 1. The van der Waals surface area contributed by atoms with Crippen molar-refractivity contribution in [1.29, 1.82) is 0 Å². The maximum Gasteiger partial charge on any atom is 0.339 e. The van der Waals surface area contributed by atoms with Crippen molar-refractivity contribution in [2.24, 2.45) is 0 Å². The van der Waals surface area contributed by atoms with E-state index in [1.54, 1.807) is 4.57 Å². The lowest BCUT2D eigenvalue weighted by Crippen LogP contribution is -2.13. The average molecular weight is 256 g/mol. The fraction of sp³-hybridized carbons (Fsp3) is 0.364. The number of methoxy groups -OCH3 is 1. The van der Waals surface area contributed by atoms with Crippen LogP contribution >= 0.6 is 11.6 Å². The predicted octanol–water partition coefficient (Wildman–Crippen LogP) is 1.17. The number of carbonyl (C=O) groups is 3. The summed E-state index contributed by atoms with van der Waals surface area (Å²) in [5.74, 6) is -1.29. The van der Waals surface area contributed by atoms with E-state index in [-0.39, 0.29) is 5.69 Å². The maximum absolute atomic E-state index is 11.6. The molecule has 1 aliphatic heterocycles. The van der Waals surface area contributed by atoms with Crippen molar-refractivity contribution in [2.45, 2.75) is 19.4 Å². The van der Waals surface area contributed by atoms with Crippen LogP contribution in [0.4, 0.5) is 0 Å². The Morgan fingerprint density at radius 2 is 2.12 bits per heavy atom. The highest BCUT2D eigenvalue weighted by Gasteiger charge is 2.28. The van der Waals surface area contributed by atoms with Crippen LogP contribution in [0.1, 0.15) is 33.0 Å². The van der Waals surface area contributed by atoms with E-state index in [0.29, 0.717) is 18.5 Å². The van der Waals surface area contributed by atoms with E-state index in [9.17, 15) is 14.4 Å². The molecule has 0 aromatic carbocycles. The summed E-state index contributed by atoms with van der Waals surface area (Å²) in [4.78, 5) is 34.0. The highest BCUT2D eigenvalue weighted by Crippen LogP contribution is 2.25. The molecule has 0 amide bonds. The summed E-state index contributed by atoms with van der Waals surface area (Å²) in [7, 11) is 1.27. The number of nitrogens with zero attached hydrogens (tertiary/aromatic N) is 1. The molecule has 0 bridgehead atoms. The van der Waals surface area contributed by atoms with Crippen LogP contribution in [0.5, 0.6) is 0 Å². The lowest BCUT2D eigenvalue weighted by molar-refractivity contribution is -0.108. The molecule has 0 saturated carbocycles. The van der Waals surface area contributed by atoms with Gasteiger partial charge in [0.1, 0.15) is 0 Å². The second-order valence-corrected chi connectivity index (χ2v) is 4.08. The van der Waals surface area contributed by atoms with Crippen LogP contribution < -0.4 is 0 Å². The van der Waals surface area contributed by atoms with Crippen LogP contribution in [-0.4, -0.2) is 28.7 Å². The van der Waals surface area contributed by atoms with Crippen LogP contribution in [0.15, 0.2) is 6.07 Å². The molecule has 0 atom stereocenters. The number of fused-ring (bicyclic) bond motifs is 1. The van der Waals surface area contributed by atoms with E-state index in [1.807, 2.05) is 0 Å². The second-order valence-electron chi connectivity index (χ2n) is 3.74. The van der Waals surface area contributed by atoms with E-state index < -0.39 is 17.0 Å². The van der Waals surface area contributed by atoms with Crippen LogP contribution in [0.25, 0.3) is 0 Å². The first-order valence-electron chi connectivity index (χ1n) is 5.11. The molecule has 0 N–H and O–H groups in total. The molecule has 0 fully saturated rings. The van der Waals surface area contributed by atoms with Gasteiger partial charge in [0.05, 0.1) is 18.4 Å². The predicted molar refractivity (Wildman–Crippen MR) is 59.3 cm³/mol. The summed E-state index contributed by atoms with van der Waals surface area (Å²) in [6.45, 7) is 0.609. The Bertz CT molecular complexity index is 518. The Hall–Kier alpha value is -1.62. The third kappa shape index (κ3) is 1.86. The molecule has 0 spiro atoms. The van der Waals surface area contributed by atoms with Gasteiger partial charge in [0.15, 0.2) is 0 Å². The fourth-order valence-electron chi connectivity index (χ4n) is 2.09. The lowest BCUT2D eigenvalue weighted by atomic mass is 10.1. The Balaban J connectivity index is 2.52. The van der Waals surface area contributed by atoms with Crippen LogP contribution in [0.3, 0.4) is 0 Å². The first-order chi connectivity index (χ1) is 8.06. The molecule has 1 aromatic heterocycles. The monoisotopic (exact) mass is 255 g/mol. The van der Waals surface area contributed by atoms with Crippen molar-refractivity contribution in [3.8, 4) is 0 Å². The zero-order chi connectivity index (χ0) is 12.6. The molecule has 1 aliphatic rings. The Morgan fingerprint density at radius 3 is 2.71 bits per heavy atom. The molecule has 0 radical (unpaired) electrons. The quantitative estimate of drug-likeness (QED) is 0.352. The molecule has 17 heavy (non-hydrogen) atoms. The summed E-state index contributed by atoms with van der Waals surface area (Å²) >= 11 is 5.17. The molecule has 90 valence electrons. The average Bonchev–Trinajstić information content (AvgIpc) is 2.87. The van der Waals surface area contributed by atoms with Gasteiger partial charge in [-0.3, -0.25) is 9.59 Å². The van der Waals surface area contributed by atoms with Gasteiger partial charge in [0, 0.05) is 12.2 Å². The molecule has 0 saturated heterocycles. The Kier molecular flexibility index (Phi) is 3.02. The third-order valence-corrected chi connectivity index (χ3v) is 2.99. The minimum Gasteiger partial charge on any atom is -0.465 e. The standard InChI is InChI=1S/C11H10ClNO4/c1-17-11(16)6-5-8(9(14)10(12)15)13-4-2-3-7(6)13/h5H,2-4H2,1H3. The second kappa shape index (κ2) is 4.33. The van der Waals surface area contributed by atoms with Gasteiger partial charge in [0.2, 0.25) is 0 Å². The first-order valence-corrected chi connectivity index (χ1v) is 5.49. The van der Waals surface area contributed by atoms with Crippen LogP contribution in [0.2, 0.25) is 0 Å². The molecule has 1 aromatic rings. The van der Waals surface area contributed by atoms with Gasteiger partial charge < -0.3 is 9.30 Å². The molecule has 2 heterocycles. The largest absolute Gasteiger partial charge is 0.465 e. The van der Waals surface area contributed by atoms with Gasteiger partial charge in [-0.25, -0.2) is 4.79 Å². The Morgan fingerprint density at radius 1 is 1.41 bits per heavy atom. The molecule has 0 aliphatic carbocycles. The van der Waals surface area contributed by atoms with E-state index in [2.05, 4.69) is 4.74 Å². The van der Waals surface area contributed by atoms with Gasteiger partial charge in [0.25, 0.3) is 11.0 Å². The van der Waals surface area contributed by atoms with Gasteiger partial charge in [-0.2, -0.15) is 0 Å². The Labute approximate surface area is 102 Å². The zero-order valence-corrected chi connectivity index (χ0v) is 9.91. The third-order valence-electron chi connectivity index (χ3n) is 2.82. The summed E-state index contributed by atoms with van der Waals surface area (Å²) < 4.78 is 6.30. The van der Waals surface area contributed by atoms with Gasteiger partial charge in [-0.1, -0.05) is 0 Å². The summed E-state index contributed by atoms with van der Waals surface area (Å²) in [6.07, 6.45) is 1.52. The zero-order valence-electron chi connectivity index (χ0n) is 9.16.